The van der Waals surface area contributed by atoms with Crippen molar-refractivity contribution in [2.75, 3.05) is 31.6 Å². The van der Waals surface area contributed by atoms with E-state index in [4.69, 9.17) is 0 Å². The third kappa shape index (κ3) is 4.98. The molecule has 5 nitrogen and oxygen atoms in total. The number of pyridine rings is 1. The van der Waals surface area contributed by atoms with Crippen LogP contribution in [0.2, 0.25) is 0 Å². The number of halogens is 2. The van der Waals surface area contributed by atoms with Gasteiger partial charge in [-0.05, 0) is 25.0 Å². The van der Waals surface area contributed by atoms with Gasteiger partial charge < -0.3 is 15.5 Å². The smallest absolute Gasteiger partial charge is 0.191 e. The SMILES string of the molecule is CCCNC(=NC)NC1CCN(c2ncccc2F)C1.I. The van der Waals surface area contributed by atoms with Crippen LogP contribution in [0, 0.1) is 5.82 Å². The Morgan fingerprint density at radius 1 is 1.57 bits per heavy atom. The Balaban J connectivity index is 0.00000220. The molecule has 2 heterocycles. The largest absolute Gasteiger partial charge is 0.356 e. The molecule has 0 radical (unpaired) electrons. The van der Waals surface area contributed by atoms with Crippen molar-refractivity contribution >= 4 is 35.8 Å². The first kappa shape index (κ1) is 17.9. The average Bonchev–Trinajstić information content (AvgIpc) is 2.92. The minimum atomic E-state index is -0.262. The summed E-state index contributed by atoms with van der Waals surface area (Å²) in [7, 11) is 1.76. The van der Waals surface area contributed by atoms with E-state index in [1.54, 1.807) is 19.3 Å². The summed E-state index contributed by atoms with van der Waals surface area (Å²) in [5.74, 6) is 0.982. The Bertz CT molecular complexity index is 468. The molecule has 1 fully saturated rings. The molecule has 1 unspecified atom stereocenters. The van der Waals surface area contributed by atoms with Crippen molar-refractivity contribution < 1.29 is 4.39 Å². The molecule has 1 aliphatic heterocycles. The molecule has 1 atom stereocenters. The molecule has 0 aromatic carbocycles. The van der Waals surface area contributed by atoms with Gasteiger partial charge in [-0.1, -0.05) is 6.92 Å². The Morgan fingerprint density at radius 2 is 2.38 bits per heavy atom. The predicted molar refractivity (Wildman–Crippen MR) is 95.0 cm³/mol. The maximum absolute atomic E-state index is 13.7. The lowest BCUT2D eigenvalue weighted by Gasteiger charge is -2.19. The second kappa shape index (κ2) is 9.01. The van der Waals surface area contributed by atoms with Crippen LogP contribution < -0.4 is 15.5 Å². The van der Waals surface area contributed by atoms with E-state index in [1.165, 1.54) is 6.07 Å². The maximum Gasteiger partial charge on any atom is 0.191 e. The fourth-order valence-electron chi connectivity index (χ4n) is 2.31. The number of hydrogen-bond acceptors (Lipinski definition) is 3. The third-order valence-corrected chi connectivity index (χ3v) is 3.33. The topological polar surface area (TPSA) is 52.6 Å². The highest BCUT2D eigenvalue weighted by Crippen LogP contribution is 2.20. The van der Waals surface area contributed by atoms with Gasteiger partial charge in [-0.2, -0.15) is 0 Å². The Morgan fingerprint density at radius 3 is 3.05 bits per heavy atom. The van der Waals surface area contributed by atoms with Gasteiger partial charge in [0.1, 0.15) is 0 Å². The fraction of sp³-hybridized carbons (Fsp3) is 0.571. The molecule has 0 saturated carbocycles. The highest BCUT2D eigenvalue weighted by atomic mass is 127. The van der Waals surface area contributed by atoms with E-state index >= 15 is 0 Å². The number of aromatic nitrogens is 1. The van der Waals surface area contributed by atoms with Gasteiger partial charge >= 0.3 is 0 Å². The summed E-state index contributed by atoms with van der Waals surface area (Å²) in [4.78, 5) is 10.3. The first-order valence-electron chi connectivity index (χ1n) is 7.07. The Kier molecular flexibility index (Phi) is 7.69. The Labute approximate surface area is 142 Å². The van der Waals surface area contributed by atoms with Crippen LogP contribution in [0.4, 0.5) is 10.2 Å². The first-order valence-corrected chi connectivity index (χ1v) is 7.07. The van der Waals surface area contributed by atoms with Crippen LogP contribution in [0.1, 0.15) is 19.8 Å². The molecule has 1 aromatic heterocycles. The fourth-order valence-corrected chi connectivity index (χ4v) is 2.31. The van der Waals surface area contributed by atoms with Gasteiger partial charge in [0.2, 0.25) is 0 Å². The number of guanidine groups is 1. The van der Waals surface area contributed by atoms with E-state index in [1.807, 2.05) is 4.90 Å². The third-order valence-electron chi connectivity index (χ3n) is 3.33. The van der Waals surface area contributed by atoms with Crippen LogP contribution in [-0.4, -0.2) is 43.7 Å². The van der Waals surface area contributed by atoms with Gasteiger partial charge in [0.05, 0.1) is 0 Å². The molecule has 1 aliphatic rings. The molecular weight excluding hydrogens is 384 g/mol. The van der Waals surface area contributed by atoms with Crippen molar-refractivity contribution in [3.8, 4) is 0 Å². The zero-order valence-electron chi connectivity index (χ0n) is 12.5. The van der Waals surface area contributed by atoms with Crippen LogP contribution >= 0.6 is 24.0 Å². The molecule has 21 heavy (non-hydrogen) atoms. The molecule has 0 spiro atoms. The zero-order chi connectivity index (χ0) is 14.4. The van der Waals surface area contributed by atoms with E-state index in [9.17, 15) is 4.39 Å². The Hall–Kier alpha value is -1.12. The lowest BCUT2D eigenvalue weighted by molar-refractivity contribution is 0.612. The van der Waals surface area contributed by atoms with Crippen molar-refractivity contribution in [1.29, 1.82) is 0 Å². The summed E-state index contributed by atoms with van der Waals surface area (Å²) in [6.45, 7) is 4.55. The van der Waals surface area contributed by atoms with Crippen LogP contribution in [0.25, 0.3) is 0 Å². The number of anilines is 1. The summed E-state index contributed by atoms with van der Waals surface area (Å²) < 4.78 is 13.7. The molecule has 7 heteroatoms. The molecule has 0 amide bonds. The summed E-state index contributed by atoms with van der Waals surface area (Å²) in [6.07, 6.45) is 3.63. The maximum atomic E-state index is 13.7. The minimum Gasteiger partial charge on any atom is -0.356 e. The summed E-state index contributed by atoms with van der Waals surface area (Å²) in [5.41, 5.74) is 0. The number of rotatable bonds is 4. The summed E-state index contributed by atoms with van der Waals surface area (Å²) >= 11 is 0. The van der Waals surface area contributed by atoms with Gasteiger partial charge in [-0.15, -0.1) is 24.0 Å². The van der Waals surface area contributed by atoms with Crippen LogP contribution in [-0.2, 0) is 0 Å². The van der Waals surface area contributed by atoms with Crippen molar-refractivity contribution in [3.63, 3.8) is 0 Å². The summed E-state index contributed by atoms with van der Waals surface area (Å²) in [5, 5.41) is 6.61. The van der Waals surface area contributed by atoms with Gasteiger partial charge in [0.25, 0.3) is 0 Å². The van der Waals surface area contributed by atoms with Gasteiger partial charge in [0, 0.05) is 38.9 Å². The van der Waals surface area contributed by atoms with Crippen LogP contribution in [0.3, 0.4) is 0 Å². The second-order valence-corrected chi connectivity index (χ2v) is 4.88. The van der Waals surface area contributed by atoms with Crippen molar-refractivity contribution in [3.05, 3.63) is 24.1 Å². The van der Waals surface area contributed by atoms with E-state index in [0.717, 1.165) is 38.4 Å². The van der Waals surface area contributed by atoms with Gasteiger partial charge in [-0.25, -0.2) is 9.37 Å². The monoisotopic (exact) mass is 407 g/mol. The lowest BCUT2D eigenvalue weighted by Crippen LogP contribution is -2.44. The zero-order valence-corrected chi connectivity index (χ0v) is 14.8. The molecule has 0 aliphatic carbocycles. The summed E-state index contributed by atoms with van der Waals surface area (Å²) in [6, 6.07) is 3.32. The molecule has 1 saturated heterocycles. The van der Waals surface area contributed by atoms with Crippen molar-refractivity contribution in [2.24, 2.45) is 4.99 Å². The molecule has 2 rings (SSSR count). The highest BCUT2D eigenvalue weighted by Gasteiger charge is 2.25. The van der Waals surface area contributed by atoms with Crippen molar-refractivity contribution in [1.82, 2.24) is 15.6 Å². The first-order chi connectivity index (χ1) is 9.74. The lowest BCUT2D eigenvalue weighted by atomic mass is 10.3. The molecular formula is C14H23FIN5. The minimum absolute atomic E-state index is 0. The number of aliphatic imine (C=N–C) groups is 1. The molecule has 1 aromatic rings. The van der Waals surface area contributed by atoms with Crippen LogP contribution in [0.5, 0.6) is 0 Å². The van der Waals surface area contributed by atoms with Crippen LogP contribution in [0.15, 0.2) is 23.3 Å². The quantitative estimate of drug-likeness (QED) is 0.456. The molecule has 2 N–H and O–H groups in total. The van der Waals surface area contributed by atoms with Gasteiger partial charge in [-0.3, -0.25) is 4.99 Å². The highest BCUT2D eigenvalue weighted by molar-refractivity contribution is 14.0. The average molecular weight is 407 g/mol. The van der Waals surface area contributed by atoms with E-state index in [0.29, 0.717) is 5.82 Å². The second-order valence-electron chi connectivity index (χ2n) is 4.88. The number of nitrogens with zero attached hydrogens (tertiary/aromatic N) is 3. The molecule has 118 valence electrons. The molecule has 0 bridgehead atoms. The number of hydrogen-bond donors (Lipinski definition) is 2. The predicted octanol–water partition coefficient (Wildman–Crippen LogP) is 1.99. The standard InChI is InChI=1S/C14H22FN5.HI/c1-3-7-18-14(16-2)19-11-6-9-20(10-11)13-12(15)5-4-8-17-13;/h4-5,8,11H,3,6-7,9-10H2,1-2H3,(H2,16,18,19);1H. The normalized spacial score (nSPS) is 18.3. The van der Waals surface area contributed by atoms with E-state index < -0.39 is 0 Å². The van der Waals surface area contributed by atoms with E-state index in [2.05, 4.69) is 27.5 Å². The van der Waals surface area contributed by atoms with E-state index in [-0.39, 0.29) is 35.8 Å². The van der Waals surface area contributed by atoms with Gasteiger partial charge in [0.15, 0.2) is 17.6 Å². The van der Waals surface area contributed by atoms with Crippen molar-refractivity contribution in [2.45, 2.75) is 25.8 Å². The number of nitrogens with one attached hydrogen (secondary N) is 2.